The maximum atomic E-state index is 6.30. The molecule has 3 aromatic heterocycles. The molecule has 0 aliphatic heterocycles. The van der Waals surface area contributed by atoms with Crippen molar-refractivity contribution in [3.05, 3.63) is 255 Å². The van der Waals surface area contributed by atoms with Gasteiger partial charge < -0.3 is 8.98 Å². The van der Waals surface area contributed by atoms with E-state index in [0.717, 1.165) is 99.5 Å². The van der Waals surface area contributed by atoms with E-state index in [9.17, 15) is 0 Å². The van der Waals surface area contributed by atoms with Crippen LogP contribution in [-0.4, -0.2) is 19.5 Å². The molecule has 0 bridgehead atoms. The first-order chi connectivity index (χ1) is 36.6. The van der Waals surface area contributed by atoms with Gasteiger partial charge in [-0.2, -0.15) is 0 Å². The van der Waals surface area contributed by atoms with Crippen LogP contribution in [0.25, 0.3) is 149 Å². The summed E-state index contributed by atoms with van der Waals surface area (Å²) in [6.07, 6.45) is 0. The van der Waals surface area contributed by atoms with Crippen LogP contribution >= 0.6 is 0 Å². The molecule has 0 aliphatic carbocycles. The Morgan fingerprint density at radius 1 is 0.270 bits per heavy atom. The Morgan fingerprint density at radius 3 is 1.39 bits per heavy atom. The van der Waals surface area contributed by atoms with Crippen LogP contribution in [0.3, 0.4) is 0 Å². The maximum Gasteiger partial charge on any atom is 0.164 e. The van der Waals surface area contributed by atoms with Gasteiger partial charge in [0, 0.05) is 49.4 Å². The summed E-state index contributed by atoms with van der Waals surface area (Å²) in [7, 11) is 0. The molecule has 0 spiro atoms. The minimum atomic E-state index is 0.571. The highest BCUT2D eigenvalue weighted by atomic mass is 16.3. The molecule has 15 rings (SSSR count). The van der Waals surface area contributed by atoms with Crippen molar-refractivity contribution in [1.82, 2.24) is 19.5 Å². The number of para-hydroxylation sites is 1. The van der Waals surface area contributed by atoms with Crippen molar-refractivity contribution in [1.29, 1.82) is 0 Å². The quantitative estimate of drug-likeness (QED) is 0.160. The van der Waals surface area contributed by atoms with E-state index in [0.29, 0.717) is 17.5 Å². The second-order valence-corrected chi connectivity index (χ2v) is 19.1. The van der Waals surface area contributed by atoms with Crippen molar-refractivity contribution in [3.63, 3.8) is 0 Å². The van der Waals surface area contributed by atoms with Crippen molar-refractivity contribution in [3.8, 4) is 73.2 Å². The zero-order chi connectivity index (χ0) is 48.7. The van der Waals surface area contributed by atoms with Crippen molar-refractivity contribution < 1.29 is 4.42 Å². The van der Waals surface area contributed by atoms with E-state index in [1.54, 1.807) is 0 Å². The standard InChI is InChI=1S/C69H42N4O/c1-3-15-43(16-4-1)45-27-30-47(31-28-45)66-60(73-61-41-51-23-11-9-21-49(51)38-57(61)58-39-50-22-10-12-24-52(50)42-62(58)73)35-34-56(65(66)46-18-5-2-6-19-46)69-71-67(53-32-29-44-17-7-8-20-48(44)37-53)70-68(72-69)54-33-36-64-59(40-54)55-25-13-14-26-63(55)74-64/h1-42H. The molecule has 15 aromatic rings. The number of nitrogens with zero attached hydrogens (tertiary/aromatic N) is 4. The van der Waals surface area contributed by atoms with Crippen LogP contribution in [0.15, 0.2) is 259 Å². The molecule has 0 saturated carbocycles. The predicted molar refractivity (Wildman–Crippen MR) is 307 cm³/mol. The van der Waals surface area contributed by atoms with Crippen molar-refractivity contribution in [2.24, 2.45) is 0 Å². The van der Waals surface area contributed by atoms with Gasteiger partial charge >= 0.3 is 0 Å². The van der Waals surface area contributed by atoms with E-state index in [4.69, 9.17) is 19.4 Å². The molecule has 0 aliphatic rings. The number of aromatic nitrogens is 4. The molecule has 0 atom stereocenters. The first-order valence-electron chi connectivity index (χ1n) is 25.1. The summed E-state index contributed by atoms with van der Waals surface area (Å²) in [6, 6.07) is 91.0. The van der Waals surface area contributed by atoms with Crippen LogP contribution < -0.4 is 0 Å². The van der Waals surface area contributed by atoms with Crippen LogP contribution in [0.4, 0.5) is 0 Å². The van der Waals surface area contributed by atoms with E-state index in [2.05, 4.69) is 235 Å². The summed E-state index contributed by atoms with van der Waals surface area (Å²) in [5.74, 6) is 1.73. The number of rotatable bonds is 7. The van der Waals surface area contributed by atoms with Crippen molar-refractivity contribution in [2.45, 2.75) is 0 Å². The lowest BCUT2D eigenvalue weighted by molar-refractivity contribution is 0.669. The third-order valence-electron chi connectivity index (χ3n) is 14.8. The number of furan rings is 1. The number of hydrogen-bond acceptors (Lipinski definition) is 4. The smallest absolute Gasteiger partial charge is 0.164 e. The molecule has 0 unspecified atom stereocenters. The Labute approximate surface area is 425 Å². The van der Waals surface area contributed by atoms with Gasteiger partial charge in [-0.25, -0.2) is 15.0 Å². The van der Waals surface area contributed by atoms with Gasteiger partial charge in [0.2, 0.25) is 0 Å². The highest BCUT2D eigenvalue weighted by molar-refractivity contribution is 6.17. The minimum absolute atomic E-state index is 0.571. The topological polar surface area (TPSA) is 56.7 Å². The molecule has 0 saturated heterocycles. The third kappa shape index (κ3) is 6.90. The monoisotopic (exact) mass is 942 g/mol. The summed E-state index contributed by atoms with van der Waals surface area (Å²) in [4.78, 5) is 16.3. The fraction of sp³-hybridized carbons (Fsp3) is 0. The zero-order valence-electron chi connectivity index (χ0n) is 39.9. The molecule has 3 heterocycles. The van der Waals surface area contributed by atoms with Crippen LogP contribution in [-0.2, 0) is 0 Å². The van der Waals surface area contributed by atoms with Crippen molar-refractivity contribution in [2.75, 3.05) is 0 Å². The number of benzene rings is 12. The second-order valence-electron chi connectivity index (χ2n) is 19.1. The average molecular weight is 943 g/mol. The molecule has 0 fully saturated rings. The van der Waals surface area contributed by atoms with Gasteiger partial charge in [0.15, 0.2) is 17.5 Å². The van der Waals surface area contributed by atoms with Gasteiger partial charge in [0.1, 0.15) is 11.2 Å². The number of fused-ring (bicyclic) bond motifs is 9. The largest absolute Gasteiger partial charge is 0.456 e. The Bertz CT molecular complexity index is 4610. The van der Waals surface area contributed by atoms with Gasteiger partial charge in [-0.15, -0.1) is 0 Å². The lowest BCUT2D eigenvalue weighted by atomic mass is 9.87. The Hall–Kier alpha value is -9.97. The first kappa shape index (κ1) is 41.8. The first-order valence-corrected chi connectivity index (χ1v) is 25.1. The van der Waals surface area contributed by atoms with E-state index in [1.165, 1.54) is 32.3 Å². The van der Waals surface area contributed by atoms with Gasteiger partial charge in [0.05, 0.1) is 16.7 Å². The van der Waals surface area contributed by atoms with Gasteiger partial charge in [-0.3, -0.25) is 0 Å². The fourth-order valence-electron chi connectivity index (χ4n) is 11.2. The van der Waals surface area contributed by atoms with E-state index in [1.807, 2.05) is 24.3 Å². The summed E-state index contributed by atoms with van der Waals surface area (Å²) in [6.45, 7) is 0. The molecule has 0 radical (unpaired) electrons. The molecular weight excluding hydrogens is 901 g/mol. The second kappa shape index (κ2) is 16.8. The van der Waals surface area contributed by atoms with E-state index in [-0.39, 0.29) is 0 Å². The van der Waals surface area contributed by atoms with E-state index < -0.39 is 0 Å². The van der Waals surface area contributed by atoms with Gasteiger partial charge in [-0.1, -0.05) is 188 Å². The van der Waals surface area contributed by atoms with Crippen LogP contribution in [0.1, 0.15) is 0 Å². The van der Waals surface area contributed by atoms with Crippen LogP contribution in [0.2, 0.25) is 0 Å². The highest BCUT2D eigenvalue weighted by Crippen LogP contribution is 2.47. The highest BCUT2D eigenvalue weighted by Gasteiger charge is 2.25. The average Bonchev–Trinajstić information content (AvgIpc) is 3.99. The molecule has 0 N–H and O–H groups in total. The SMILES string of the molecule is c1ccc(-c2ccc(-c3c(-n4c5cc6ccccc6cc5c5cc6ccccc6cc54)ccc(-c4nc(-c5ccc6ccccc6c5)nc(-c5ccc6oc7ccccc7c6c5)n4)c3-c3ccccc3)cc2)cc1. The molecule has 5 heteroatoms. The summed E-state index contributed by atoms with van der Waals surface area (Å²) < 4.78 is 8.80. The Morgan fingerprint density at radius 2 is 0.730 bits per heavy atom. The van der Waals surface area contributed by atoms with Gasteiger partial charge in [0.25, 0.3) is 0 Å². The Balaban J connectivity index is 1.05. The normalized spacial score (nSPS) is 11.8. The number of hydrogen-bond donors (Lipinski definition) is 0. The molecular formula is C69H42N4O. The molecule has 0 amide bonds. The zero-order valence-corrected chi connectivity index (χ0v) is 39.9. The summed E-state index contributed by atoms with van der Waals surface area (Å²) in [5, 5.41) is 11.5. The molecule has 5 nitrogen and oxygen atoms in total. The summed E-state index contributed by atoms with van der Waals surface area (Å²) in [5.41, 5.74) is 14.1. The van der Waals surface area contributed by atoms with Crippen LogP contribution in [0.5, 0.6) is 0 Å². The fourth-order valence-corrected chi connectivity index (χ4v) is 11.2. The molecule has 344 valence electrons. The molecule has 12 aromatic carbocycles. The Kier molecular flexibility index (Phi) is 9.50. The lowest BCUT2D eigenvalue weighted by Gasteiger charge is -2.22. The van der Waals surface area contributed by atoms with Crippen LogP contribution in [0, 0.1) is 0 Å². The summed E-state index contributed by atoms with van der Waals surface area (Å²) >= 11 is 0. The van der Waals surface area contributed by atoms with Crippen molar-refractivity contribution >= 4 is 76.1 Å². The minimum Gasteiger partial charge on any atom is -0.456 e. The third-order valence-corrected chi connectivity index (χ3v) is 14.8. The van der Waals surface area contributed by atoms with E-state index >= 15 is 0 Å². The maximum absolute atomic E-state index is 6.30. The predicted octanol–water partition coefficient (Wildman–Crippen LogP) is 18.3. The van der Waals surface area contributed by atoms with Gasteiger partial charge in [-0.05, 0) is 121 Å². The lowest BCUT2D eigenvalue weighted by Crippen LogP contribution is -2.04. The molecule has 74 heavy (non-hydrogen) atoms.